The van der Waals surface area contributed by atoms with Gasteiger partial charge >= 0.3 is 5.97 Å². The van der Waals surface area contributed by atoms with Crippen LogP contribution < -0.4 is 14.8 Å². The summed E-state index contributed by atoms with van der Waals surface area (Å²) in [5.41, 5.74) is -0.870. The highest BCUT2D eigenvalue weighted by molar-refractivity contribution is 6.06. The second kappa shape index (κ2) is 8.28. The second-order valence-electron chi connectivity index (χ2n) is 6.60. The first-order valence-corrected chi connectivity index (χ1v) is 9.05. The molecular weight excluding hydrogens is 390 g/mol. The van der Waals surface area contributed by atoms with Crippen LogP contribution >= 0.6 is 0 Å². The average Bonchev–Trinajstić information content (AvgIpc) is 2.98. The van der Waals surface area contributed by atoms with Gasteiger partial charge in [0.2, 0.25) is 17.2 Å². The molecule has 8 nitrogen and oxygen atoms in total. The van der Waals surface area contributed by atoms with E-state index in [1.807, 2.05) is 0 Å². The summed E-state index contributed by atoms with van der Waals surface area (Å²) in [7, 11) is 2.95. The van der Waals surface area contributed by atoms with Crippen LogP contribution in [0.3, 0.4) is 0 Å². The van der Waals surface area contributed by atoms with Gasteiger partial charge in [-0.2, -0.15) is 0 Å². The summed E-state index contributed by atoms with van der Waals surface area (Å²) in [6.07, 6.45) is 0. The van der Waals surface area contributed by atoms with Crippen LogP contribution in [0.4, 0.5) is 0 Å². The van der Waals surface area contributed by atoms with Gasteiger partial charge in [0.05, 0.1) is 14.2 Å². The molecule has 8 heteroatoms. The zero-order chi connectivity index (χ0) is 21.9. The highest BCUT2D eigenvalue weighted by atomic mass is 16.6. The minimum Gasteiger partial charge on any atom is -0.497 e. The van der Waals surface area contributed by atoms with Crippen LogP contribution in [-0.2, 0) is 24.7 Å². The van der Waals surface area contributed by atoms with E-state index in [2.05, 4.69) is 5.32 Å². The number of ketones is 1. The summed E-state index contributed by atoms with van der Waals surface area (Å²) in [6, 6.07) is 13.2. The number of methoxy groups -OCH3 is 2. The number of ether oxygens (including phenoxy) is 4. The zero-order valence-corrected chi connectivity index (χ0v) is 17.0. The topological polar surface area (TPSA) is 100 Å². The second-order valence-corrected chi connectivity index (χ2v) is 6.60. The highest BCUT2D eigenvalue weighted by Gasteiger charge is 2.51. The molecule has 1 aliphatic heterocycles. The Kier molecular flexibility index (Phi) is 5.77. The fourth-order valence-corrected chi connectivity index (χ4v) is 3.07. The number of esters is 1. The van der Waals surface area contributed by atoms with Gasteiger partial charge in [-0.3, -0.25) is 19.7 Å². The largest absolute Gasteiger partial charge is 0.497 e. The molecule has 1 atom stereocenters. The quantitative estimate of drug-likeness (QED) is 0.730. The number of hydrogen-bond acceptors (Lipinski definition) is 7. The van der Waals surface area contributed by atoms with Crippen molar-refractivity contribution in [3.05, 3.63) is 71.3 Å². The van der Waals surface area contributed by atoms with Gasteiger partial charge in [-0.1, -0.05) is 18.2 Å². The summed E-state index contributed by atoms with van der Waals surface area (Å²) < 4.78 is 21.5. The number of nitrogens with one attached hydrogen (secondary N) is 1. The fraction of sp³-hybridized carbons (Fsp3) is 0.227. The summed E-state index contributed by atoms with van der Waals surface area (Å²) >= 11 is 0. The molecule has 0 aromatic heterocycles. The third-order valence-electron chi connectivity index (χ3n) is 4.58. The Balaban J connectivity index is 2.00. The van der Waals surface area contributed by atoms with Crippen molar-refractivity contribution in [2.24, 2.45) is 0 Å². The standard InChI is InChI=1S/C22H21NO7/c1-13(24)29-18-19(25)22(2,16-11-10-15(27-3)12-17(16)28-4)30-21(18)23-20(26)14-8-6-5-7-9-14/h5-12H,1-4H3,(H,23,26). The Hall–Kier alpha value is -3.81. The van der Waals surface area contributed by atoms with E-state index in [1.165, 1.54) is 21.1 Å². The summed E-state index contributed by atoms with van der Waals surface area (Å²) in [6.45, 7) is 2.66. The number of hydrogen-bond donors (Lipinski definition) is 1. The van der Waals surface area contributed by atoms with Crippen molar-refractivity contribution in [3.8, 4) is 11.5 Å². The van der Waals surface area contributed by atoms with Crippen LogP contribution in [0, 0.1) is 0 Å². The zero-order valence-electron chi connectivity index (χ0n) is 17.0. The van der Waals surface area contributed by atoms with E-state index in [0.717, 1.165) is 6.92 Å². The van der Waals surface area contributed by atoms with Gasteiger partial charge in [-0.25, -0.2) is 0 Å². The van der Waals surface area contributed by atoms with Gasteiger partial charge in [0.1, 0.15) is 11.5 Å². The average molecular weight is 411 g/mol. The Morgan fingerprint density at radius 2 is 1.73 bits per heavy atom. The maximum absolute atomic E-state index is 13.2. The van der Waals surface area contributed by atoms with Crippen LogP contribution in [0.1, 0.15) is 29.8 Å². The molecule has 0 fully saturated rings. The van der Waals surface area contributed by atoms with Crippen LogP contribution in [0.2, 0.25) is 0 Å². The molecule has 156 valence electrons. The molecule has 1 unspecified atom stereocenters. The molecule has 1 N–H and O–H groups in total. The van der Waals surface area contributed by atoms with Gasteiger partial charge in [0.25, 0.3) is 11.7 Å². The Labute approximate surface area is 173 Å². The summed E-state index contributed by atoms with van der Waals surface area (Å²) in [5.74, 6) is -1.65. The van der Waals surface area contributed by atoms with E-state index >= 15 is 0 Å². The molecule has 0 bridgehead atoms. The molecule has 1 aliphatic rings. The van der Waals surface area contributed by atoms with Crippen LogP contribution in [0.25, 0.3) is 0 Å². The first-order valence-electron chi connectivity index (χ1n) is 9.05. The molecule has 0 radical (unpaired) electrons. The number of carbonyl (C=O) groups excluding carboxylic acids is 3. The molecule has 1 heterocycles. The number of rotatable bonds is 6. The maximum atomic E-state index is 13.2. The predicted octanol–water partition coefficient (Wildman–Crippen LogP) is 2.68. The minimum atomic E-state index is -1.60. The minimum absolute atomic E-state index is 0.246. The molecule has 0 saturated carbocycles. The van der Waals surface area contributed by atoms with Crippen molar-refractivity contribution in [1.82, 2.24) is 5.32 Å². The first-order chi connectivity index (χ1) is 14.3. The van der Waals surface area contributed by atoms with E-state index in [9.17, 15) is 14.4 Å². The molecule has 30 heavy (non-hydrogen) atoms. The smallest absolute Gasteiger partial charge is 0.308 e. The van der Waals surface area contributed by atoms with Gasteiger partial charge in [0, 0.05) is 24.1 Å². The van der Waals surface area contributed by atoms with Gasteiger partial charge in [-0.15, -0.1) is 0 Å². The molecular formula is C22H21NO7. The van der Waals surface area contributed by atoms with Gasteiger partial charge in [-0.05, 0) is 31.2 Å². The Morgan fingerprint density at radius 1 is 1.03 bits per heavy atom. The van der Waals surface area contributed by atoms with E-state index in [4.69, 9.17) is 18.9 Å². The van der Waals surface area contributed by atoms with Crippen molar-refractivity contribution in [2.75, 3.05) is 14.2 Å². The van der Waals surface area contributed by atoms with Crippen molar-refractivity contribution in [2.45, 2.75) is 19.4 Å². The molecule has 0 aliphatic carbocycles. The number of Topliss-reactive ketones (excluding diaryl/α,β-unsaturated/α-hetero) is 1. The third kappa shape index (κ3) is 3.84. The van der Waals surface area contributed by atoms with Gasteiger partial charge in [0.15, 0.2) is 0 Å². The Morgan fingerprint density at radius 3 is 2.33 bits per heavy atom. The fourth-order valence-electron chi connectivity index (χ4n) is 3.07. The van der Waals surface area contributed by atoms with E-state index in [-0.39, 0.29) is 11.6 Å². The van der Waals surface area contributed by atoms with E-state index in [1.54, 1.807) is 48.5 Å². The number of carbonyl (C=O) groups is 3. The molecule has 3 rings (SSSR count). The molecule has 2 aromatic rings. The predicted molar refractivity (Wildman–Crippen MR) is 106 cm³/mol. The normalized spacial score (nSPS) is 17.9. The summed E-state index contributed by atoms with van der Waals surface area (Å²) in [5, 5.41) is 2.52. The summed E-state index contributed by atoms with van der Waals surface area (Å²) in [4.78, 5) is 37.4. The van der Waals surface area contributed by atoms with E-state index in [0.29, 0.717) is 22.6 Å². The molecule has 0 spiro atoms. The highest BCUT2D eigenvalue weighted by Crippen LogP contribution is 2.43. The molecule has 0 saturated heterocycles. The molecule has 2 aromatic carbocycles. The lowest BCUT2D eigenvalue weighted by atomic mass is 9.90. The van der Waals surface area contributed by atoms with Crippen LogP contribution in [-0.4, -0.2) is 31.9 Å². The SMILES string of the molecule is COc1ccc(C2(C)OC(NC(=O)c3ccccc3)=C(OC(C)=O)C2=O)c(OC)c1. The van der Waals surface area contributed by atoms with Crippen molar-refractivity contribution in [3.63, 3.8) is 0 Å². The lowest BCUT2D eigenvalue weighted by Gasteiger charge is -2.25. The maximum Gasteiger partial charge on any atom is 0.308 e. The Bertz CT molecular complexity index is 1030. The van der Waals surface area contributed by atoms with Crippen LogP contribution in [0.5, 0.6) is 11.5 Å². The van der Waals surface area contributed by atoms with Crippen molar-refractivity contribution >= 4 is 17.7 Å². The molecule has 1 amide bonds. The monoisotopic (exact) mass is 411 g/mol. The van der Waals surface area contributed by atoms with Crippen LogP contribution in [0.15, 0.2) is 60.2 Å². The number of amides is 1. The third-order valence-corrected chi connectivity index (χ3v) is 4.58. The lowest BCUT2D eigenvalue weighted by Crippen LogP contribution is -2.33. The van der Waals surface area contributed by atoms with E-state index < -0.39 is 23.3 Å². The lowest BCUT2D eigenvalue weighted by molar-refractivity contribution is -0.142. The van der Waals surface area contributed by atoms with Gasteiger partial charge < -0.3 is 18.9 Å². The number of benzene rings is 2. The van der Waals surface area contributed by atoms with Crippen molar-refractivity contribution in [1.29, 1.82) is 0 Å². The first kappa shape index (κ1) is 20.9. The van der Waals surface area contributed by atoms with Crippen molar-refractivity contribution < 1.29 is 33.3 Å².